The van der Waals surface area contributed by atoms with Gasteiger partial charge >= 0.3 is 0 Å². The number of alkyl halides is 1. The van der Waals surface area contributed by atoms with E-state index in [0.29, 0.717) is 13.0 Å². The summed E-state index contributed by atoms with van der Waals surface area (Å²) in [6.45, 7) is 8.45. The number of rotatable bonds is 5. The van der Waals surface area contributed by atoms with Crippen LogP contribution in [0, 0.1) is 17.2 Å². The molecule has 0 saturated carbocycles. The minimum atomic E-state index is -0.154. The first-order valence-corrected chi connectivity index (χ1v) is 6.14. The van der Waals surface area contributed by atoms with Crippen molar-refractivity contribution in [2.75, 3.05) is 6.54 Å². The Morgan fingerprint density at radius 2 is 1.93 bits per heavy atom. The maximum Gasteiger partial charge on any atom is 0.236 e. The summed E-state index contributed by atoms with van der Waals surface area (Å²) in [5, 5.41) is 8.53. The molecule has 0 fully saturated rings. The van der Waals surface area contributed by atoms with E-state index in [9.17, 15) is 4.79 Å². The van der Waals surface area contributed by atoms with E-state index in [0.717, 1.165) is 0 Å². The standard InChI is InChI=1S/C11H19BrN2O/c1-8(2)10(12)11(15)14(9(3)4)7-5-6-13/h8-10H,5,7H2,1-4H3. The molecule has 1 amide bonds. The zero-order valence-corrected chi connectivity index (χ0v) is 11.4. The summed E-state index contributed by atoms with van der Waals surface area (Å²) in [6.07, 6.45) is 0.391. The predicted octanol–water partition coefficient (Wildman–Crippen LogP) is 2.56. The number of hydrogen-bond acceptors (Lipinski definition) is 2. The molecule has 0 spiro atoms. The van der Waals surface area contributed by atoms with Crippen LogP contribution in [0.4, 0.5) is 0 Å². The number of nitriles is 1. The van der Waals surface area contributed by atoms with E-state index in [1.807, 2.05) is 27.7 Å². The van der Waals surface area contributed by atoms with E-state index in [1.165, 1.54) is 0 Å². The molecule has 0 aliphatic heterocycles. The van der Waals surface area contributed by atoms with E-state index >= 15 is 0 Å². The molecule has 0 rings (SSSR count). The van der Waals surface area contributed by atoms with Crippen LogP contribution in [0.2, 0.25) is 0 Å². The van der Waals surface area contributed by atoms with Gasteiger partial charge in [0.2, 0.25) is 5.91 Å². The molecule has 0 heterocycles. The molecule has 0 aromatic carbocycles. The van der Waals surface area contributed by atoms with Crippen molar-refractivity contribution in [3.63, 3.8) is 0 Å². The number of carbonyl (C=O) groups excluding carboxylic acids is 1. The second-order valence-electron chi connectivity index (χ2n) is 4.18. The normalized spacial score (nSPS) is 12.7. The smallest absolute Gasteiger partial charge is 0.236 e. The quantitative estimate of drug-likeness (QED) is 0.724. The van der Waals surface area contributed by atoms with Crippen LogP contribution in [-0.4, -0.2) is 28.2 Å². The SMILES string of the molecule is CC(C)C(Br)C(=O)N(CCC#N)C(C)C. The number of amides is 1. The monoisotopic (exact) mass is 274 g/mol. The number of hydrogen-bond donors (Lipinski definition) is 0. The van der Waals surface area contributed by atoms with Crippen molar-refractivity contribution in [1.82, 2.24) is 4.90 Å². The topological polar surface area (TPSA) is 44.1 Å². The second kappa shape index (κ2) is 6.84. The Bertz CT molecular complexity index is 245. The highest BCUT2D eigenvalue weighted by molar-refractivity contribution is 9.10. The van der Waals surface area contributed by atoms with Crippen LogP contribution in [0.25, 0.3) is 0 Å². The molecule has 0 aromatic rings. The van der Waals surface area contributed by atoms with Crippen molar-refractivity contribution in [3.8, 4) is 6.07 Å². The van der Waals surface area contributed by atoms with Crippen molar-refractivity contribution in [2.45, 2.75) is 45.0 Å². The summed E-state index contributed by atoms with van der Waals surface area (Å²) in [4.78, 5) is 13.6. The van der Waals surface area contributed by atoms with Crippen molar-refractivity contribution in [1.29, 1.82) is 5.26 Å². The highest BCUT2D eigenvalue weighted by atomic mass is 79.9. The Morgan fingerprint density at radius 3 is 2.27 bits per heavy atom. The van der Waals surface area contributed by atoms with E-state index in [4.69, 9.17) is 5.26 Å². The molecular formula is C11H19BrN2O. The van der Waals surface area contributed by atoms with Crippen LogP contribution >= 0.6 is 15.9 Å². The Balaban J connectivity index is 4.49. The Morgan fingerprint density at radius 1 is 1.40 bits per heavy atom. The molecule has 15 heavy (non-hydrogen) atoms. The molecule has 1 unspecified atom stereocenters. The summed E-state index contributed by atoms with van der Waals surface area (Å²) in [6, 6.07) is 2.21. The zero-order valence-electron chi connectivity index (χ0n) is 9.83. The van der Waals surface area contributed by atoms with Crippen molar-refractivity contribution < 1.29 is 4.79 Å². The summed E-state index contributed by atoms with van der Waals surface area (Å²) in [5.74, 6) is 0.344. The van der Waals surface area contributed by atoms with Gasteiger partial charge in [0.05, 0.1) is 17.3 Å². The van der Waals surface area contributed by atoms with Crippen molar-refractivity contribution in [3.05, 3.63) is 0 Å². The van der Waals surface area contributed by atoms with E-state index in [1.54, 1.807) is 4.90 Å². The lowest BCUT2D eigenvalue weighted by atomic mass is 10.1. The van der Waals surface area contributed by atoms with Gasteiger partial charge in [0, 0.05) is 12.6 Å². The minimum absolute atomic E-state index is 0.0789. The van der Waals surface area contributed by atoms with Gasteiger partial charge in [-0.1, -0.05) is 29.8 Å². The first kappa shape index (κ1) is 14.4. The van der Waals surface area contributed by atoms with Gasteiger partial charge in [-0.2, -0.15) is 5.26 Å². The molecule has 0 bridgehead atoms. The molecule has 0 radical (unpaired) electrons. The third-order valence-electron chi connectivity index (χ3n) is 2.19. The van der Waals surface area contributed by atoms with E-state index < -0.39 is 0 Å². The maximum atomic E-state index is 12.0. The summed E-state index contributed by atoms with van der Waals surface area (Å²) in [7, 11) is 0. The average molecular weight is 275 g/mol. The second-order valence-corrected chi connectivity index (χ2v) is 5.17. The molecule has 0 N–H and O–H groups in total. The van der Waals surface area contributed by atoms with Crippen LogP contribution in [0.3, 0.4) is 0 Å². The Hall–Kier alpha value is -0.560. The van der Waals surface area contributed by atoms with Gasteiger partial charge in [-0.05, 0) is 19.8 Å². The summed E-state index contributed by atoms with van der Waals surface area (Å²) < 4.78 is 0. The fraction of sp³-hybridized carbons (Fsp3) is 0.818. The van der Waals surface area contributed by atoms with Crippen LogP contribution in [0.15, 0.2) is 0 Å². The van der Waals surface area contributed by atoms with Crippen molar-refractivity contribution >= 4 is 21.8 Å². The van der Waals surface area contributed by atoms with Crippen molar-refractivity contribution in [2.24, 2.45) is 5.92 Å². The number of halogens is 1. The van der Waals surface area contributed by atoms with Gasteiger partial charge in [0.1, 0.15) is 0 Å². The molecule has 0 aromatic heterocycles. The average Bonchev–Trinajstić information content (AvgIpc) is 2.16. The van der Waals surface area contributed by atoms with E-state index in [2.05, 4.69) is 22.0 Å². The zero-order chi connectivity index (χ0) is 12.0. The molecule has 4 heteroatoms. The van der Waals surface area contributed by atoms with Crippen LogP contribution in [0.5, 0.6) is 0 Å². The number of carbonyl (C=O) groups is 1. The van der Waals surface area contributed by atoms with Crippen LogP contribution in [-0.2, 0) is 4.79 Å². The summed E-state index contributed by atoms with van der Waals surface area (Å²) in [5.41, 5.74) is 0. The van der Waals surface area contributed by atoms with Gasteiger partial charge in [0.15, 0.2) is 0 Å². The first-order chi connectivity index (χ1) is 6.91. The largest absolute Gasteiger partial charge is 0.338 e. The van der Waals surface area contributed by atoms with Gasteiger partial charge in [-0.15, -0.1) is 0 Å². The molecule has 86 valence electrons. The van der Waals surface area contributed by atoms with Crippen LogP contribution in [0.1, 0.15) is 34.1 Å². The predicted molar refractivity (Wildman–Crippen MR) is 64.6 cm³/mol. The van der Waals surface area contributed by atoms with E-state index in [-0.39, 0.29) is 22.7 Å². The number of nitrogens with zero attached hydrogens (tertiary/aromatic N) is 2. The van der Waals surface area contributed by atoms with Gasteiger partial charge in [-0.25, -0.2) is 0 Å². The fourth-order valence-electron chi connectivity index (χ4n) is 1.24. The third-order valence-corrected chi connectivity index (χ3v) is 3.64. The van der Waals surface area contributed by atoms with Crippen LogP contribution < -0.4 is 0 Å². The van der Waals surface area contributed by atoms with Gasteiger partial charge < -0.3 is 4.90 Å². The maximum absolute atomic E-state index is 12.0. The summed E-state index contributed by atoms with van der Waals surface area (Å²) >= 11 is 3.39. The molecule has 1 atom stereocenters. The molecular weight excluding hydrogens is 256 g/mol. The highest BCUT2D eigenvalue weighted by Gasteiger charge is 2.25. The molecule has 0 aliphatic carbocycles. The van der Waals surface area contributed by atoms with Gasteiger partial charge in [-0.3, -0.25) is 4.79 Å². The lowest BCUT2D eigenvalue weighted by Crippen LogP contribution is -2.43. The van der Waals surface area contributed by atoms with Gasteiger partial charge in [0.25, 0.3) is 0 Å². The lowest BCUT2D eigenvalue weighted by molar-refractivity contribution is -0.132. The lowest BCUT2D eigenvalue weighted by Gasteiger charge is -2.29. The fourth-order valence-corrected chi connectivity index (χ4v) is 1.50. The molecule has 0 saturated heterocycles. The highest BCUT2D eigenvalue weighted by Crippen LogP contribution is 2.16. The molecule has 0 aliphatic rings. The minimum Gasteiger partial charge on any atom is -0.338 e. The Kier molecular flexibility index (Phi) is 6.58. The first-order valence-electron chi connectivity index (χ1n) is 5.23. The molecule has 3 nitrogen and oxygen atoms in total. The Labute approximate surface area is 101 Å². The third kappa shape index (κ3) is 4.65.